The fraction of sp³-hybridized carbons (Fsp3) is 0.350. The fourth-order valence-corrected chi connectivity index (χ4v) is 4.70. The Labute approximate surface area is 161 Å². The summed E-state index contributed by atoms with van der Waals surface area (Å²) in [7, 11) is 0. The number of likely N-dealkylation sites (tertiary alicyclic amines) is 1. The minimum absolute atomic E-state index is 0.00959. The van der Waals surface area contributed by atoms with Crippen LogP contribution in [-0.4, -0.2) is 39.5 Å². The minimum Gasteiger partial charge on any atom is -0.339 e. The predicted molar refractivity (Wildman–Crippen MR) is 107 cm³/mol. The highest BCUT2D eigenvalue weighted by atomic mass is 32.1. The number of fused-ring (bicyclic) bond motifs is 1. The van der Waals surface area contributed by atoms with Crippen molar-refractivity contribution in [2.24, 2.45) is 5.73 Å². The number of aromatic nitrogens is 2. The third-order valence-electron chi connectivity index (χ3n) is 5.41. The summed E-state index contributed by atoms with van der Waals surface area (Å²) in [5, 5.41) is 0.619. The molecule has 6 nitrogen and oxygen atoms in total. The number of thiophene rings is 1. The Morgan fingerprint density at radius 3 is 2.74 bits per heavy atom. The van der Waals surface area contributed by atoms with Crippen LogP contribution in [0, 0.1) is 13.8 Å². The van der Waals surface area contributed by atoms with E-state index in [9.17, 15) is 9.59 Å². The van der Waals surface area contributed by atoms with Crippen LogP contribution in [-0.2, 0) is 11.3 Å². The number of amides is 1. The second-order valence-corrected chi connectivity index (χ2v) is 8.32. The summed E-state index contributed by atoms with van der Waals surface area (Å²) < 4.78 is 1.41. The average molecular weight is 382 g/mol. The van der Waals surface area contributed by atoms with Gasteiger partial charge in [0, 0.05) is 29.9 Å². The van der Waals surface area contributed by atoms with Crippen LogP contribution in [0.15, 0.2) is 41.5 Å². The van der Waals surface area contributed by atoms with E-state index in [0.29, 0.717) is 18.5 Å². The van der Waals surface area contributed by atoms with Crippen LogP contribution in [0.2, 0.25) is 0 Å². The molecule has 27 heavy (non-hydrogen) atoms. The molecule has 2 aromatic heterocycles. The Balaban J connectivity index is 1.55. The van der Waals surface area contributed by atoms with E-state index in [1.165, 1.54) is 22.2 Å². The molecule has 0 aliphatic carbocycles. The number of carbonyl (C=O) groups is 1. The van der Waals surface area contributed by atoms with Crippen molar-refractivity contribution in [3.8, 4) is 0 Å². The highest BCUT2D eigenvalue weighted by molar-refractivity contribution is 7.18. The maximum absolute atomic E-state index is 12.8. The number of nitrogens with zero attached hydrogens (tertiary/aromatic N) is 3. The number of carbonyl (C=O) groups excluding carboxylic acids is 1. The molecule has 1 aromatic carbocycles. The van der Waals surface area contributed by atoms with E-state index in [-0.39, 0.29) is 30.0 Å². The van der Waals surface area contributed by atoms with Crippen LogP contribution in [0.25, 0.3) is 10.2 Å². The van der Waals surface area contributed by atoms with Gasteiger partial charge in [-0.15, -0.1) is 11.3 Å². The van der Waals surface area contributed by atoms with Crippen LogP contribution in [0.5, 0.6) is 0 Å². The number of rotatable bonds is 3. The highest BCUT2D eigenvalue weighted by Crippen LogP contribution is 2.27. The normalized spacial score (nSPS) is 19.7. The molecule has 3 aromatic rings. The summed E-state index contributed by atoms with van der Waals surface area (Å²) >= 11 is 1.51. The molecular weight excluding hydrogens is 360 g/mol. The van der Waals surface area contributed by atoms with Crippen molar-refractivity contribution in [2.45, 2.75) is 32.4 Å². The molecule has 4 rings (SSSR count). The zero-order valence-electron chi connectivity index (χ0n) is 15.4. The second-order valence-electron chi connectivity index (χ2n) is 7.12. The summed E-state index contributed by atoms with van der Waals surface area (Å²) in [4.78, 5) is 33.5. The van der Waals surface area contributed by atoms with E-state index >= 15 is 0 Å². The summed E-state index contributed by atoms with van der Waals surface area (Å²) in [5.74, 6) is 0.0194. The largest absolute Gasteiger partial charge is 0.339 e. The second kappa shape index (κ2) is 6.90. The first-order chi connectivity index (χ1) is 13.0. The van der Waals surface area contributed by atoms with Crippen LogP contribution < -0.4 is 11.3 Å². The van der Waals surface area contributed by atoms with Gasteiger partial charge in [0.15, 0.2) is 0 Å². The average Bonchev–Trinajstić information content (AvgIpc) is 3.19. The predicted octanol–water partition coefficient (Wildman–Crippen LogP) is 2.03. The van der Waals surface area contributed by atoms with Crippen molar-refractivity contribution < 1.29 is 4.79 Å². The molecule has 2 N–H and O–H groups in total. The van der Waals surface area contributed by atoms with Gasteiger partial charge < -0.3 is 10.6 Å². The first kappa shape index (κ1) is 17.9. The molecule has 7 heteroatoms. The van der Waals surface area contributed by atoms with Gasteiger partial charge >= 0.3 is 0 Å². The summed E-state index contributed by atoms with van der Waals surface area (Å²) in [6.07, 6.45) is 1.47. The molecule has 0 unspecified atom stereocenters. The molecule has 0 spiro atoms. The van der Waals surface area contributed by atoms with Crippen LogP contribution in [0.3, 0.4) is 0 Å². The van der Waals surface area contributed by atoms with Crippen molar-refractivity contribution in [3.05, 3.63) is 63.0 Å². The standard InChI is InChI=1S/C20H22N4O2S/c1-12-13(2)27-19-18(12)20(26)24(11-22-19)10-17(25)23-8-15(16(21)9-23)14-6-4-3-5-7-14/h3-7,11,15-16H,8-10,21H2,1-2H3/t15-,16+/m0/s1. The van der Waals surface area contributed by atoms with Gasteiger partial charge in [0.25, 0.3) is 5.56 Å². The van der Waals surface area contributed by atoms with Gasteiger partial charge in [-0.05, 0) is 25.0 Å². The molecule has 1 fully saturated rings. The molecule has 0 bridgehead atoms. The highest BCUT2D eigenvalue weighted by Gasteiger charge is 2.33. The van der Waals surface area contributed by atoms with Crippen LogP contribution in [0.1, 0.15) is 21.9 Å². The maximum Gasteiger partial charge on any atom is 0.262 e. The molecular formula is C20H22N4O2S. The third-order valence-corrected chi connectivity index (χ3v) is 6.52. The Morgan fingerprint density at radius 2 is 2.00 bits per heavy atom. The van der Waals surface area contributed by atoms with E-state index in [1.54, 1.807) is 4.90 Å². The number of hydrogen-bond acceptors (Lipinski definition) is 5. The van der Waals surface area contributed by atoms with E-state index in [1.807, 2.05) is 44.2 Å². The summed E-state index contributed by atoms with van der Waals surface area (Å²) in [6.45, 7) is 4.97. The molecule has 2 atom stereocenters. The Hall–Kier alpha value is -2.51. The maximum atomic E-state index is 12.8. The third kappa shape index (κ3) is 3.17. The minimum atomic E-state index is -0.154. The van der Waals surface area contributed by atoms with Crippen molar-refractivity contribution in [2.75, 3.05) is 13.1 Å². The summed E-state index contributed by atoms with van der Waals surface area (Å²) in [6, 6.07) is 9.92. The Bertz CT molecular complexity index is 1060. The van der Waals surface area contributed by atoms with Crippen molar-refractivity contribution >= 4 is 27.5 Å². The number of nitrogens with two attached hydrogens (primary N) is 1. The van der Waals surface area contributed by atoms with Gasteiger partial charge in [-0.3, -0.25) is 14.2 Å². The number of benzene rings is 1. The molecule has 1 aliphatic heterocycles. The Morgan fingerprint density at radius 1 is 1.26 bits per heavy atom. The Kier molecular flexibility index (Phi) is 4.57. The fourth-order valence-electron chi connectivity index (χ4n) is 3.71. The quantitative estimate of drug-likeness (QED) is 0.751. The molecule has 1 amide bonds. The van der Waals surface area contributed by atoms with E-state index in [0.717, 1.165) is 20.8 Å². The van der Waals surface area contributed by atoms with E-state index < -0.39 is 0 Å². The lowest BCUT2D eigenvalue weighted by Gasteiger charge is -2.17. The molecule has 0 saturated carbocycles. The molecule has 1 saturated heterocycles. The van der Waals surface area contributed by atoms with Gasteiger partial charge in [-0.2, -0.15) is 0 Å². The first-order valence-electron chi connectivity index (χ1n) is 8.99. The molecule has 0 radical (unpaired) electrons. The van der Waals surface area contributed by atoms with Gasteiger partial charge in [0.1, 0.15) is 11.4 Å². The van der Waals surface area contributed by atoms with Gasteiger partial charge in [-0.1, -0.05) is 30.3 Å². The van der Waals surface area contributed by atoms with Crippen molar-refractivity contribution in [1.29, 1.82) is 0 Å². The van der Waals surface area contributed by atoms with Gasteiger partial charge in [0.2, 0.25) is 5.91 Å². The van der Waals surface area contributed by atoms with E-state index in [4.69, 9.17) is 5.73 Å². The van der Waals surface area contributed by atoms with Crippen molar-refractivity contribution in [1.82, 2.24) is 14.5 Å². The number of aryl methyl sites for hydroxylation is 2. The summed E-state index contributed by atoms with van der Waals surface area (Å²) in [5.41, 5.74) is 8.22. The molecule has 1 aliphatic rings. The lowest BCUT2D eigenvalue weighted by Crippen LogP contribution is -2.36. The molecule has 140 valence electrons. The smallest absolute Gasteiger partial charge is 0.262 e. The molecule has 3 heterocycles. The van der Waals surface area contributed by atoms with Gasteiger partial charge in [0.05, 0.1) is 11.7 Å². The van der Waals surface area contributed by atoms with E-state index in [2.05, 4.69) is 4.98 Å². The first-order valence-corrected chi connectivity index (χ1v) is 9.80. The van der Waals surface area contributed by atoms with Crippen molar-refractivity contribution in [3.63, 3.8) is 0 Å². The SMILES string of the molecule is Cc1sc2ncn(CC(=O)N3C[C@@H](N)[C@H](c4ccccc4)C3)c(=O)c2c1C. The van der Waals surface area contributed by atoms with Crippen LogP contribution in [0.4, 0.5) is 0 Å². The van der Waals surface area contributed by atoms with Crippen LogP contribution >= 0.6 is 11.3 Å². The lowest BCUT2D eigenvalue weighted by atomic mass is 9.95. The zero-order valence-corrected chi connectivity index (χ0v) is 16.2. The lowest BCUT2D eigenvalue weighted by molar-refractivity contribution is -0.130. The zero-order chi connectivity index (χ0) is 19.1. The monoisotopic (exact) mass is 382 g/mol. The van der Waals surface area contributed by atoms with Gasteiger partial charge in [-0.25, -0.2) is 4.98 Å². The number of hydrogen-bond donors (Lipinski definition) is 1. The topological polar surface area (TPSA) is 81.2 Å².